The normalized spacial score (nSPS) is 11.8. The third kappa shape index (κ3) is 3.66. The highest BCUT2D eigenvalue weighted by atomic mass is 35.5. The van der Waals surface area contributed by atoms with E-state index in [4.69, 9.17) is 11.6 Å². The Hall–Kier alpha value is -1.33. The fraction of sp³-hybridized carbons (Fsp3) is 0.600. The van der Waals surface area contributed by atoms with Crippen LogP contribution < -0.4 is 0 Å². The molecule has 0 radical (unpaired) electrons. The molecule has 0 aliphatic heterocycles. The second kappa shape index (κ2) is 6.62. The number of aryl methyl sites for hydroxylation is 3. The highest BCUT2D eigenvalue weighted by molar-refractivity contribution is 6.30. The zero-order valence-corrected chi connectivity index (χ0v) is 14.2. The third-order valence-corrected chi connectivity index (χ3v) is 4.23. The molecule has 0 unspecified atom stereocenters. The Morgan fingerprint density at radius 2 is 2.05 bits per heavy atom. The van der Waals surface area contributed by atoms with E-state index in [-0.39, 0.29) is 0 Å². The lowest BCUT2D eigenvalue weighted by atomic mass is 10.2. The number of hydrogen-bond acceptors (Lipinski definition) is 3. The van der Waals surface area contributed by atoms with Crippen LogP contribution in [0.3, 0.4) is 0 Å². The van der Waals surface area contributed by atoms with Gasteiger partial charge >= 0.3 is 0 Å². The second-order valence-electron chi connectivity index (χ2n) is 5.68. The lowest BCUT2D eigenvalue weighted by Gasteiger charge is -2.26. The van der Waals surface area contributed by atoms with Crippen molar-refractivity contribution in [2.75, 3.05) is 0 Å². The molecule has 2 aromatic rings. The van der Waals surface area contributed by atoms with E-state index in [9.17, 15) is 0 Å². The molecule has 0 aromatic carbocycles. The average molecular weight is 310 g/mol. The van der Waals surface area contributed by atoms with E-state index in [1.807, 2.05) is 24.9 Å². The first-order chi connectivity index (χ1) is 9.92. The number of aromatic nitrogens is 4. The molecule has 0 saturated carbocycles. The second-order valence-corrected chi connectivity index (χ2v) is 6.04. The molecule has 0 saturated heterocycles. The molecule has 2 aromatic heterocycles. The van der Waals surface area contributed by atoms with Crippen molar-refractivity contribution in [2.45, 2.75) is 53.4 Å². The lowest BCUT2D eigenvalue weighted by Crippen LogP contribution is -2.30. The van der Waals surface area contributed by atoms with Crippen LogP contribution in [0, 0.1) is 6.92 Å². The van der Waals surface area contributed by atoms with Crippen LogP contribution in [0.2, 0.25) is 5.15 Å². The topological polar surface area (TPSA) is 38.9 Å². The zero-order valence-electron chi connectivity index (χ0n) is 13.5. The Labute approximate surface area is 131 Å². The molecule has 0 aliphatic carbocycles. The predicted octanol–water partition coefficient (Wildman–Crippen LogP) is 3.01. The van der Waals surface area contributed by atoms with E-state index < -0.39 is 0 Å². The van der Waals surface area contributed by atoms with Gasteiger partial charge in [-0.25, -0.2) is 0 Å². The molecule has 5 nitrogen and oxygen atoms in total. The quantitative estimate of drug-likeness (QED) is 0.823. The molecule has 0 amide bonds. The standard InChI is InChI=1S/C15H24ClN5/c1-6-21-9-13(7-17-21)8-20(11(2)3)10-14-12(4)18-19(5)15(14)16/h7,9,11H,6,8,10H2,1-5H3. The molecule has 2 heterocycles. The van der Waals surface area contributed by atoms with Crippen molar-refractivity contribution in [3.05, 3.63) is 34.4 Å². The van der Waals surface area contributed by atoms with E-state index in [1.54, 1.807) is 4.68 Å². The van der Waals surface area contributed by atoms with Crippen molar-refractivity contribution < 1.29 is 0 Å². The minimum absolute atomic E-state index is 0.422. The van der Waals surface area contributed by atoms with Gasteiger partial charge in [-0.1, -0.05) is 11.6 Å². The number of halogens is 1. The smallest absolute Gasteiger partial charge is 0.131 e. The number of hydrogen-bond donors (Lipinski definition) is 0. The van der Waals surface area contributed by atoms with E-state index in [2.05, 4.69) is 42.1 Å². The first-order valence-electron chi connectivity index (χ1n) is 7.35. The van der Waals surface area contributed by atoms with Crippen LogP contribution in [0.1, 0.15) is 37.6 Å². The van der Waals surface area contributed by atoms with E-state index in [1.165, 1.54) is 5.56 Å². The van der Waals surface area contributed by atoms with Crippen molar-refractivity contribution in [3.8, 4) is 0 Å². The van der Waals surface area contributed by atoms with Gasteiger partial charge in [0.05, 0.1) is 11.9 Å². The summed E-state index contributed by atoms with van der Waals surface area (Å²) in [6.45, 7) is 11.1. The van der Waals surface area contributed by atoms with E-state index in [0.29, 0.717) is 6.04 Å². The molecule has 6 heteroatoms. The maximum Gasteiger partial charge on any atom is 0.131 e. The van der Waals surface area contributed by atoms with Crippen molar-refractivity contribution in [1.29, 1.82) is 0 Å². The molecule has 116 valence electrons. The Bertz CT molecular complexity index is 599. The highest BCUT2D eigenvalue weighted by Gasteiger charge is 2.18. The van der Waals surface area contributed by atoms with Gasteiger partial charge in [-0.3, -0.25) is 14.3 Å². The summed E-state index contributed by atoms with van der Waals surface area (Å²) in [5.74, 6) is 0. The van der Waals surface area contributed by atoms with Crippen LogP contribution in [0.4, 0.5) is 0 Å². The molecule has 0 atom stereocenters. The van der Waals surface area contributed by atoms with Gasteiger partial charge in [0.1, 0.15) is 5.15 Å². The summed E-state index contributed by atoms with van der Waals surface area (Å²) in [6, 6.07) is 0.422. The summed E-state index contributed by atoms with van der Waals surface area (Å²) in [5.41, 5.74) is 3.33. The summed E-state index contributed by atoms with van der Waals surface area (Å²) in [5, 5.41) is 9.45. The van der Waals surface area contributed by atoms with Crippen LogP contribution >= 0.6 is 11.6 Å². The van der Waals surface area contributed by atoms with Crippen molar-refractivity contribution in [1.82, 2.24) is 24.5 Å². The average Bonchev–Trinajstić information content (AvgIpc) is 2.97. The van der Waals surface area contributed by atoms with E-state index in [0.717, 1.165) is 36.0 Å². The Morgan fingerprint density at radius 3 is 2.52 bits per heavy atom. The van der Waals surface area contributed by atoms with Gasteiger partial charge in [-0.05, 0) is 27.7 Å². The summed E-state index contributed by atoms with van der Waals surface area (Å²) in [4.78, 5) is 2.38. The Balaban J connectivity index is 2.15. The molecular weight excluding hydrogens is 286 g/mol. The molecule has 0 aliphatic rings. The van der Waals surface area contributed by atoms with Gasteiger partial charge in [0.25, 0.3) is 0 Å². The maximum absolute atomic E-state index is 6.35. The van der Waals surface area contributed by atoms with Crippen LogP contribution in [0.15, 0.2) is 12.4 Å². The summed E-state index contributed by atoms with van der Waals surface area (Å²) in [7, 11) is 1.88. The molecule has 0 N–H and O–H groups in total. The van der Waals surface area contributed by atoms with Crippen molar-refractivity contribution in [3.63, 3.8) is 0 Å². The fourth-order valence-corrected chi connectivity index (χ4v) is 2.61. The van der Waals surface area contributed by atoms with Crippen LogP contribution in [-0.4, -0.2) is 30.5 Å². The van der Waals surface area contributed by atoms with Gasteiger partial charge in [0.15, 0.2) is 0 Å². The van der Waals surface area contributed by atoms with Gasteiger partial charge in [-0.2, -0.15) is 10.2 Å². The third-order valence-electron chi connectivity index (χ3n) is 3.76. The van der Waals surface area contributed by atoms with Gasteiger partial charge in [0.2, 0.25) is 0 Å². The van der Waals surface area contributed by atoms with Crippen molar-refractivity contribution in [2.24, 2.45) is 7.05 Å². The fourth-order valence-electron chi connectivity index (χ4n) is 2.37. The van der Waals surface area contributed by atoms with Crippen molar-refractivity contribution >= 4 is 11.6 Å². The monoisotopic (exact) mass is 309 g/mol. The van der Waals surface area contributed by atoms with E-state index >= 15 is 0 Å². The predicted molar refractivity (Wildman–Crippen MR) is 85.2 cm³/mol. The largest absolute Gasteiger partial charge is 0.292 e. The Morgan fingerprint density at radius 1 is 1.33 bits per heavy atom. The van der Waals surface area contributed by atoms with Gasteiger partial charge < -0.3 is 0 Å². The summed E-state index contributed by atoms with van der Waals surface area (Å²) < 4.78 is 3.69. The number of rotatable bonds is 6. The minimum Gasteiger partial charge on any atom is -0.292 e. The summed E-state index contributed by atoms with van der Waals surface area (Å²) >= 11 is 6.35. The molecule has 21 heavy (non-hydrogen) atoms. The SMILES string of the molecule is CCn1cc(CN(Cc2c(C)nn(C)c2Cl)C(C)C)cn1. The highest BCUT2D eigenvalue weighted by Crippen LogP contribution is 2.22. The molecule has 0 bridgehead atoms. The van der Waals surface area contributed by atoms with Crippen LogP contribution in [-0.2, 0) is 26.7 Å². The van der Waals surface area contributed by atoms with Gasteiger partial charge in [0, 0.05) is 50.0 Å². The molecule has 2 rings (SSSR count). The molecule has 0 spiro atoms. The van der Waals surface area contributed by atoms with Crippen LogP contribution in [0.25, 0.3) is 0 Å². The zero-order chi connectivity index (χ0) is 15.6. The van der Waals surface area contributed by atoms with Crippen LogP contribution in [0.5, 0.6) is 0 Å². The lowest BCUT2D eigenvalue weighted by molar-refractivity contribution is 0.203. The first kappa shape index (κ1) is 16.0. The first-order valence-corrected chi connectivity index (χ1v) is 7.73. The molecular formula is C15H24ClN5. The maximum atomic E-state index is 6.35. The van der Waals surface area contributed by atoms with Gasteiger partial charge in [-0.15, -0.1) is 0 Å². The minimum atomic E-state index is 0.422. The number of nitrogens with zero attached hydrogens (tertiary/aromatic N) is 5. The molecule has 0 fully saturated rings. The summed E-state index contributed by atoms with van der Waals surface area (Å²) in [6.07, 6.45) is 4.05. The Kier molecular flexibility index (Phi) is 5.06.